The van der Waals surface area contributed by atoms with Crippen LogP contribution in [0.3, 0.4) is 0 Å². The molecule has 2 heteroatoms. The Morgan fingerprint density at radius 1 is 1.25 bits per heavy atom. The molecule has 0 amide bonds. The third-order valence-electron chi connectivity index (χ3n) is 3.66. The highest BCUT2D eigenvalue weighted by atomic mass is 16.5. The van der Waals surface area contributed by atoms with Crippen molar-refractivity contribution in [2.75, 3.05) is 19.8 Å². The summed E-state index contributed by atoms with van der Waals surface area (Å²) in [5.74, 6) is 0. The van der Waals surface area contributed by atoms with E-state index in [2.05, 4.69) is 24.3 Å². The molecule has 16 heavy (non-hydrogen) atoms. The number of hydrogen-bond acceptors (Lipinski definition) is 2. The van der Waals surface area contributed by atoms with E-state index < -0.39 is 0 Å². The van der Waals surface area contributed by atoms with Crippen LogP contribution in [0, 0.1) is 5.41 Å². The normalized spacial score (nSPS) is 17.4. The molecule has 0 atom stereocenters. The second-order valence-corrected chi connectivity index (χ2v) is 4.77. The summed E-state index contributed by atoms with van der Waals surface area (Å²) in [6.07, 6.45) is 3.31. The van der Waals surface area contributed by atoms with Gasteiger partial charge in [0.1, 0.15) is 0 Å². The fourth-order valence-electron chi connectivity index (χ4n) is 2.63. The van der Waals surface area contributed by atoms with Gasteiger partial charge in [0, 0.05) is 13.2 Å². The lowest BCUT2D eigenvalue weighted by molar-refractivity contribution is 0.108. The summed E-state index contributed by atoms with van der Waals surface area (Å²) in [5, 5.41) is 0. The van der Waals surface area contributed by atoms with Crippen molar-refractivity contribution in [3.8, 4) is 0 Å². The standard InChI is InChI=1S/C14H21NO/c1-2-16-8-7-14(11-15)9-12-5-3-4-6-13(12)10-14/h3-6H,2,7-11,15H2,1H3. The average Bonchev–Trinajstić information content (AvgIpc) is 2.68. The van der Waals surface area contributed by atoms with Gasteiger partial charge >= 0.3 is 0 Å². The van der Waals surface area contributed by atoms with Crippen LogP contribution in [0.25, 0.3) is 0 Å². The van der Waals surface area contributed by atoms with E-state index in [4.69, 9.17) is 10.5 Å². The van der Waals surface area contributed by atoms with E-state index >= 15 is 0 Å². The quantitative estimate of drug-likeness (QED) is 0.770. The zero-order valence-electron chi connectivity index (χ0n) is 10.0. The van der Waals surface area contributed by atoms with E-state index in [0.717, 1.165) is 39.0 Å². The topological polar surface area (TPSA) is 35.2 Å². The molecule has 0 unspecified atom stereocenters. The smallest absolute Gasteiger partial charge is 0.0471 e. The third kappa shape index (κ3) is 2.28. The van der Waals surface area contributed by atoms with Gasteiger partial charge in [0.15, 0.2) is 0 Å². The van der Waals surface area contributed by atoms with Gasteiger partial charge in [-0.05, 0) is 49.3 Å². The van der Waals surface area contributed by atoms with Gasteiger partial charge in [-0.1, -0.05) is 24.3 Å². The van der Waals surface area contributed by atoms with E-state index in [-0.39, 0.29) is 5.41 Å². The zero-order chi connectivity index (χ0) is 11.4. The van der Waals surface area contributed by atoms with Crippen LogP contribution in [-0.2, 0) is 17.6 Å². The maximum absolute atomic E-state index is 5.97. The van der Waals surface area contributed by atoms with Crippen LogP contribution in [0.15, 0.2) is 24.3 Å². The summed E-state index contributed by atoms with van der Waals surface area (Å²) in [6, 6.07) is 8.70. The molecule has 0 fully saturated rings. The van der Waals surface area contributed by atoms with Crippen molar-refractivity contribution in [2.45, 2.75) is 26.2 Å². The predicted molar refractivity (Wildman–Crippen MR) is 66.4 cm³/mol. The van der Waals surface area contributed by atoms with Gasteiger partial charge in [-0.3, -0.25) is 0 Å². The Hall–Kier alpha value is -0.860. The molecular formula is C14H21NO. The molecule has 1 aliphatic carbocycles. The molecular weight excluding hydrogens is 198 g/mol. The third-order valence-corrected chi connectivity index (χ3v) is 3.66. The average molecular weight is 219 g/mol. The Balaban J connectivity index is 2.04. The lowest BCUT2D eigenvalue weighted by Gasteiger charge is -2.27. The van der Waals surface area contributed by atoms with Gasteiger partial charge in [-0.25, -0.2) is 0 Å². The number of benzene rings is 1. The van der Waals surface area contributed by atoms with Crippen LogP contribution in [-0.4, -0.2) is 19.8 Å². The van der Waals surface area contributed by atoms with Gasteiger partial charge in [0.25, 0.3) is 0 Å². The van der Waals surface area contributed by atoms with Crippen LogP contribution >= 0.6 is 0 Å². The molecule has 88 valence electrons. The maximum atomic E-state index is 5.97. The fourth-order valence-corrected chi connectivity index (χ4v) is 2.63. The molecule has 1 aliphatic rings. The van der Waals surface area contributed by atoms with Crippen LogP contribution in [0.1, 0.15) is 24.5 Å². The maximum Gasteiger partial charge on any atom is 0.0471 e. The largest absolute Gasteiger partial charge is 0.382 e. The van der Waals surface area contributed by atoms with E-state index in [1.807, 2.05) is 6.92 Å². The molecule has 0 spiro atoms. The lowest BCUT2D eigenvalue weighted by atomic mass is 9.82. The number of fused-ring (bicyclic) bond motifs is 1. The van der Waals surface area contributed by atoms with Crippen molar-refractivity contribution in [2.24, 2.45) is 11.1 Å². The minimum Gasteiger partial charge on any atom is -0.382 e. The summed E-state index contributed by atoms with van der Waals surface area (Å²) in [6.45, 7) is 4.43. The van der Waals surface area contributed by atoms with Crippen LogP contribution in [0.2, 0.25) is 0 Å². The van der Waals surface area contributed by atoms with Gasteiger partial charge < -0.3 is 10.5 Å². The van der Waals surface area contributed by atoms with E-state index in [1.54, 1.807) is 0 Å². The Morgan fingerprint density at radius 2 is 1.88 bits per heavy atom. The zero-order valence-corrected chi connectivity index (χ0v) is 10.0. The first-order valence-corrected chi connectivity index (χ1v) is 6.14. The molecule has 1 aromatic rings. The SMILES string of the molecule is CCOCCC1(CN)Cc2ccccc2C1. The number of rotatable bonds is 5. The van der Waals surface area contributed by atoms with Crippen molar-refractivity contribution < 1.29 is 4.74 Å². The lowest BCUT2D eigenvalue weighted by Crippen LogP contribution is -2.32. The summed E-state index contributed by atoms with van der Waals surface area (Å²) in [4.78, 5) is 0. The van der Waals surface area contributed by atoms with Crippen molar-refractivity contribution in [3.63, 3.8) is 0 Å². The molecule has 0 heterocycles. The minimum absolute atomic E-state index is 0.249. The van der Waals surface area contributed by atoms with Crippen LogP contribution < -0.4 is 5.73 Å². The second-order valence-electron chi connectivity index (χ2n) is 4.77. The van der Waals surface area contributed by atoms with Crippen molar-refractivity contribution in [3.05, 3.63) is 35.4 Å². The first-order valence-electron chi connectivity index (χ1n) is 6.14. The molecule has 0 saturated carbocycles. The predicted octanol–water partition coefficient (Wildman–Crippen LogP) is 2.16. The number of nitrogens with two attached hydrogens (primary N) is 1. The highest BCUT2D eigenvalue weighted by Gasteiger charge is 2.35. The Kier molecular flexibility index (Phi) is 3.62. The Morgan fingerprint density at radius 3 is 2.38 bits per heavy atom. The second kappa shape index (κ2) is 4.98. The van der Waals surface area contributed by atoms with E-state index in [0.29, 0.717) is 0 Å². The Labute approximate surface area is 97.8 Å². The molecule has 2 rings (SSSR count). The van der Waals surface area contributed by atoms with Crippen LogP contribution in [0.5, 0.6) is 0 Å². The first-order chi connectivity index (χ1) is 7.79. The first kappa shape index (κ1) is 11.6. The number of hydrogen-bond donors (Lipinski definition) is 1. The molecule has 2 nitrogen and oxygen atoms in total. The van der Waals surface area contributed by atoms with Crippen molar-refractivity contribution in [1.82, 2.24) is 0 Å². The van der Waals surface area contributed by atoms with E-state index in [1.165, 1.54) is 11.1 Å². The molecule has 0 radical (unpaired) electrons. The minimum atomic E-state index is 0.249. The molecule has 2 N–H and O–H groups in total. The summed E-state index contributed by atoms with van der Waals surface area (Å²) < 4.78 is 5.47. The summed E-state index contributed by atoms with van der Waals surface area (Å²) in [5.41, 5.74) is 9.18. The summed E-state index contributed by atoms with van der Waals surface area (Å²) >= 11 is 0. The molecule has 0 aromatic heterocycles. The molecule has 0 saturated heterocycles. The highest BCUT2D eigenvalue weighted by molar-refractivity contribution is 5.34. The van der Waals surface area contributed by atoms with Crippen molar-refractivity contribution >= 4 is 0 Å². The summed E-state index contributed by atoms with van der Waals surface area (Å²) in [7, 11) is 0. The van der Waals surface area contributed by atoms with Crippen molar-refractivity contribution in [1.29, 1.82) is 0 Å². The molecule has 0 aliphatic heterocycles. The van der Waals surface area contributed by atoms with E-state index in [9.17, 15) is 0 Å². The van der Waals surface area contributed by atoms with Gasteiger partial charge in [0.2, 0.25) is 0 Å². The molecule has 0 bridgehead atoms. The number of ether oxygens (including phenoxy) is 1. The molecule has 1 aromatic carbocycles. The Bertz CT molecular complexity index is 323. The highest BCUT2D eigenvalue weighted by Crippen LogP contribution is 2.38. The fraction of sp³-hybridized carbons (Fsp3) is 0.571. The van der Waals surface area contributed by atoms with Gasteiger partial charge in [-0.15, -0.1) is 0 Å². The van der Waals surface area contributed by atoms with Gasteiger partial charge in [0.05, 0.1) is 0 Å². The monoisotopic (exact) mass is 219 g/mol. The van der Waals surface area contributed by atoms with Crippen LogP contribution in [0.4, 0.5) is 0 Å². The van der Waals surface area contributed by atoms with Gasteiger partial charge in [-0.2, -0.15) is 0 Å².